The van der Waals surface area contributed by atoms with Crippen molar-refractivity contribution >= 4 is 6.16 Å². The van der Waals surface area contributed by atoms with Crippen molar-refractivity contribution < 1.29 is 14.3 Å². The molecule has 64 valence electrons. The Balaban J connectivity index is 2.06. The lowest BCUT2D eigenvalue weighted by atomic mass is 10.1. The van der Waals surface area contributed by atoms with Crippen LogP contribution in [0.4, 0.5) is 4.79 Å². The van der Waals surface area contributed by atoms with Gasteiger partial charge in [0.2, 0.25) is 0 Å². The summed E-state index contributed by atoms with van der Waals surface area (Å²) in [4.78, 5) is 10.5. The van der Waals surface area contributed by atoms with E-state index in [0.29, 0.717) is 12.5 Å². The molecule has 0 saturated carbocycles. The molecule has 0 spiro atoms. The van der Waals surface area contributed by atoms with Gasteiger partial charge in [-0.15, -0.1) is 0 Å². The highest BCUT2D eigenvalue weighted by atomic mass is 16.7. The Hall–Kier alpha value is -0.770. The van der Waals surface area contributed by atoms with Crippen LogP contribution in [0.5, 0.6) is 0 Å². The Morgan fingerprint density at radius 3 is 3.09 bits per heavy atom. The number of rotatable bonds is 2. The average molecular weight is 159 g/mol. The predicted octanol–water partition coefficient (Wildman–Crippen LogP) is 0.379. The van der Waals surface area contributed by atoms with Gasteiger partial charge in [-0.3, -0.25) is 0 Å². The molecule has 0 amide bonds. The second-order valence-electron chi connectivity index (χ2n) is 2.62. The van der Waals surface area contributed by atoms with Crippen molar-refractivity contribution in [3.63, 3.8) is 0 Å². The molecule has 1 aliphatic rings. The monoisotopic (exact) mass is 159 g/mol. The van der Waals surface area contributed by atoms with E-state index in [-0.39, 0.29) is 0 Å². The first-order chi connectivity index (χ1) is 5.33. The number of carbonyl (C=O) groups is 1. The number of nitrogens with one attached hydrogen (secondary N) is 1. The fourth-order valence-electron chi connectivity index (χ4n) is 1.10. The second-order valence-corrected chi connectivity index (χ2v) is 2.62. The number of methoxy groups -OCH3 is 1. The molecule has 1 rings (SSSR count). The van der Waals surface area contributed by atoms with Crippen molar-refractivity contribution in [1.82, 2.24) is 5.32 Å². The van der Waals surface area contributed by atoms with E-state index in [1.54, 1.807) is 0 Å². The van der Waals surface area contributed by atoms with Gasteiger partial charge in [-0.05, 0) is 13.0 Å². The minimum atomic E-state index is -0.586. The third kappa shape index (κ3) is 2.76. The smallest absolute Gasteiger partial charge is 0.438 e. The molecule has 0 aromatic heterocycles. The summed E-state index contributed by atoms with van der Waals surface area (Å²) in [6, 6.07) is 0. The molecule has 0 aromatic rings. The molecule has 0 aliphatic carbocycles. The highest BCUT2D eigenvalue weighted by Gasteiger charge is 2.16. The first-order valence-corrected chi connectivity index (χ1v) is 3.74. The summed E-state index contributed by atoms with van der Waals surface area (Å²) in [6.07, 6.45) is 0.494. The van der Waals surface area contributed by atoms with Gasteiger partial charge in [0.15, 0.2) is 0 Å². The van der Waals surface area contributed by atoms with Gasteiger partial charge in [-0.1, -0.05) is 0 Å². The van der Waals surface area contributed by atoms with Crippen LogP contribution in [0.25, 0.3) is 0 Å². The Labute approximate surface area is 65.9 Å². The highest BCUT2D eigenvalue weighted by molar-refractivity contribution is 5.59. The molecule has 0 aromatic carbocycles. The molecule has 1 unspecified atom stereocenters. The standard InChI is InChI=1S/C7H13NO3/c1-10-7(9)11-5-6-2-3-8-4-6/h6,8H,2-5H2,1H3. The summed E-state index contributed by atoms with van der Waals surface area (Å²) < 4.78 is 9.10. The maximum absolute atomic E-state index is 10.5. The molecule has 0 radical (unpaired) electrons. The number of carbonyl (C=O) groups excluding carboxylic acids is 1. The summed E-state index contributed by atoms with van der Waals surface area (Å²) in [7, 11) is 1.31. The second kappa shape index (κ2) is 4.18. The normalized spacial score (nSPS) is 23.2. The van der Waals surface area contributed by atoms with Crippen molar-refractivity contribution in [2.75, 3.05) is 26.8 Å². The zero-order chi connectivity index (χ0) is 8.10. The lowest BCUT2D eigenvalue weighted by Crippen LogP contribution is -2.16. The quantitative estimate of drug-likeness (QED) is 0.592. The summed E-state index contributed by atoms with van der Waals surface area (Å²) in [5.41, 5.74) is 0. The average Bonchev–Trinajstić information content (AvgIpc) is 2.52. The molecule has 0 bridgehead atoms. The molecule has 1 heterocycles. The van der Waals surface area contributed by atoms with E-state index in [2.05, 4.69) is 10.1 Å². The van der Waals surface area contributed by atoms with E-state index < -0.39 is 6.16 Å². The molecule has 1 atom stereocenters. The van der Waals surface area contributed by atoms with Gasteiger partial charge >= 0.3 is 6.16 Å². The van der Waals surface area contributed by atoms with Crippen LogP contribution in [-0.2, 0) is 9.47 Å². The Morgan fingerprint density at radius 2 is 2.55 bits per heavy atom. The molecule has 4 heteroatoms. The Bertz CT molecular complexity index is 132. The molecular formula is C7H13NO3. The molecule has 11 heavy (non-hydrogen) atoms. The van der Waals surface area contributed by atoms with E-state index in [4.69, 9.17) is 4.74 Å². The molecule has 1 N–H and O–H groups in total. The van der Waals surface area contributed by atoms with E-state index in [1.807, 2.05) is 0 Å². The molecule has 4 nitrogen and oxygen atoms in total. The number of ether oxygens (including phenoxy) is 2. The maximum atomic E-state index is 10.5. The first-order valence-electron chi connectivity index (χ1n) is 3.74. The largest absolute Gasteiger partial charge is 0.507 e. The van der Waals surface area contributed by atoms with E-state index >= 15 is 0 Å². The third-order valence-corrected chi connectivity index (χ3v) is 1.77. The number of hydrogen-bond donors (Lipinski definition) is 1. The van der Waals surface area contributed by atoms with Crippen LogP contribution in [0.3, 0.4) is 0 Å². The van der Waals surface area contributed by atoms with E-state index in [9.17, 15) is 4.79 Å². The lowest BCUT2D eigenvalue weighted by molar-refractivity contribution is 0.0621. The minimum absolute atomic E-state index is 0.467. The van der Waals surface area contributed by atoms with Gasteiger partial charge in [0.1, 0.15) is 0 Å². The molecule has 1 fully saturated rings. The van der Waals surface area contributed by atoms with Crippen LogP contribution in [0, 0.1) is 5.92 Å². The Kier molecular flexibility index (Phi) is 3.16. The zero-order valence-electron chi connectivity index (χ0n) is 6.63. The minimum Gasteiger partial charge on any atom is -0.438 e. The fraction of sp³-hybridized carbons (Fsp3) is 0.857. The SMILES string of the molecule is COC(=O)OCC1CCNC1. The van der Waals surface area contributed by atoms with E-state index in [0.717, 1.165) is 19.5 Å². The third-order valence-electron chi connectivity index (χ3n) is 1.77. The Morgan fingerprint density at radius 1 is 1.73 bits per heavy atom. The van der Waals surface area contributed by atoms with Crippen LogP contribution in [-0.4, -0.2) is 33.0 Å². The first kappa shape index (κ1) is 8.33. The van der Waals surface area contributed by atoms with Gasteiger partial charge in [0.25, 0.3) is 0 Å². The van der Waals surface area contributed by atoms with Gasteiger partial charge in [-0.2, -0.15) is 0 Å². The summed E-state index contributed by atoms with van der Waals surface area (Å²) in [5, 5.41) is 3.18. The molecule has 1 saturated heterocycles. The van der Waals surface area contributed by atoms with Crippen molar-refractivity contribution in [2.45, 2.75) is 6.42 Å². The van der Waals surface area contributed by atoms with Gasteiger partial charge in [0.05, 0.1) is 13.7 Å². The van der Waals surface area contributed by atoms with Gasteiger partial charge in [0, 0.05) is 12.5 Å². The summed E-state index contributed by atoms with van der Waals surface area (Å²) in [5.74, 6) is 0.467. The van der Waals surface area contributed by atoms with Crippen LogP contribution in [0.1, 0.15) is 6.42 Å². The highest BCUT2D eigenvalue weighted by Crippen LogP contribution is 2.07. The van der Waals surface area contributed by atoms with Crippen molar-refractivity contribution in [2.24, 2.45) is 5.92 Å². The molecule has 1 aliphatic heterocycles. The zero-order valence-corrected chi connectivity index (χ0v) is 6.63. The van der Waals surface area contributed by atoms with Crippen LogP contribution in [0.15, 0.2) is 0 Å². The predicted molar refractivity (Wildman–Crippen MR) is 39.3 cm³/mol. The van der Waals surface area contributed by atoms with Crippen LogP contribution < -0.4 is 5.32 Å². The van der Waals surface area contributed by atoms with Crippen LogP contribution in [0.2, 0.25) is 0 Å². The summed E-state index contributed by atoms with van der Waals surface area (Å²) in [6.45, 7) is 2.44. The van der Waals surface area contributed by atoms with Crippen molar-refractivity contribution in [3.8, 4) is 0 Å². The van der Waals surface area contributed by atoms with Crippen molar-refractivity contribution in [1.29, 1.82) is 0 Å². The lowest BCUT2D eigenvalue weighted by Gasteiger charge is -2.07. The van der Waals surface area contributed by atoms with E-state index in [1.165, 1.54) is 7.11 Å². The fourth-order valence-corrected chi connectivity index (χ4v) is 1.10. The summed E-state index contributed by atoms with van der Waals surface area (Å²) >= 11 is 0. The number of hydrogen-bond acceptors (Lipinski definition) is 4. The van der Waals surface area contributed by atoms with Gasteiger partial charge in [-0.25, -0.2) is 4.79 Å². The van der Waals surface area contributed by atoms with Gasteiger partial charge < -0.3 is 14.8 Å². The van der Waals surface area contributed by atoms with Crippen LogP contribution >= 0.6 is 0 Å². The van der Waals surface area contributed by atoms with Crippen molar-refractivity contribution in [3.05, 3.63) is 0 Å². The molecular weight excluding hydrogens is 146 g/mol. The topological polar surface area (TPSA) is 47.6 Å². The maximum Gasteiger partial charge on any atom is 0.507 e.